The topological polar surface area (TPSA) is 91.8 Å². The smallest absolute Gasteiger partial charge is 0.277 e. The van der Waals surface area contributed by atoms with E-state index in [-0.39, 0.29) is 5.91 Å². The van der Waals surface area contributed by atoms with Gasteiger partial charge >= 0.3 is 0 Å². The second-order valence-corrected chi connectivity index (χ2v) is 7.48. The van der Waals surface area contributed by atoms with E-state index in [0.717, 1.165) is 16.7 Å². The van der Waals surface area contributed by atoms with Gasteiger partial charge in [-0.3, -0.25) is 4.79 Å². The summed E-state index contributed by atoms with van der Waals surface area (Å²) < 4.78 is 5.71. The first-order valence-corrected chi connectivity index (χ1v) is 9.22. The molecule has 0 fully saturated rings. The average molecular weight is 378 g/mol. The van der Waals surface area contributed by atoms with Crippen molar-refractivity contribution in [3.05, 3.63) is 59.2 Å². The molecule has 0 aliphatic rings. The molecule has 0 radical (unpaired) electrons. The molecule has 7 heteroatoms. The van der Waals surface area contributed by atoms with E-state index in [0.29, 0.717) is 22.4 Å². The summed E-state index contributed by atoms with van der Waals surface area (Å²) in [7, 11) is 0. The zero-order valence-electron chi connectivity index (χ0n) is 15.2. The predicted octanol–water partition coefficient (Wildman–Crippen LogP) is 4.34. The Hall–Kier alpha value is -3.11. The van der Waals surface area contributed by atoms with Gasteiger partial charge in [0.1, 0.15) is 0 Å². The van der Waals surface area contributed by atoms with Crippen molar-refractivity contribution in [2.45, 2.75) is 31.2 Å². The van der Waals surface area contributed by atoms with E-state index in [1.807, 2.05) is 32.0 Å². The normalized spacial score (nSPS) is 11.6. The van der Waals surface area contributed by atoms with E-state index in [9.17, 15) is 4.79 Å². The number of carbonyl (C=O) groups is 1. The molecule has 0 bridgehead atoms. The summed E-state index contributed by atoms with van der Waals surface area (Å²) >= 11 is 1.20. The van der Waals surface area contributed by atoms with Crippen molar-refractivity contribution >= 4 is 23.4 Å². The quantitative estimate of drug-likeness (QED) is 0.664. The molecule has 1 aromatic heterocycles. The molecule has 0 aliphatic heterocycles. The Morgan fingerprint density at radius 2 is 1.81 bits per heavy atom. The summed E-state index contributed by atoms with van der Waals surface area (Å²) in [6.07, 6.45) is 0. The second kappa shape index (κ2) is 8.06. The number of thioether (sulfide) groups is 1. The van der Waals surface area contributed by atoms with Crippen LogP contribution < -0.4 is 5.32 Å². The Bertz CT molecular complexity index is 985. The molecule has 3 aromatic rings. The number of aromatic nitrogens is 2. The molecule has 0 saturated carbocycles. The van der Waals surface area contributed by atoms with Crippen molar-refractivity contribution < 1.29 is 9.21 Å². The van der Waals surface area contributed by atoms with Crippen LogP contribution in [0.2, 0.25) is 0 Å². The lowest BCUT2D eigenvalue weighted by Gasteiger charge is -2.09. The molecule has 0 aliphatic carbocycles. The van der Waals surface area contributed by atoms with Crippen LogP contribution in [0.5, 0.6) is 0 Å². The molecule has 1 amide bonds. The highest BCUT2D eigenvalue weighted by Gasteiger charge is 2.19. The number of benzene rings is 2. The van der Waals surface area contributed by atoms with Gasteiger partial charge in [-0.1, -0.05) is 29.0 Å². The summed E-state index contributed by atoms with van der Waals surface area (Å²) in [5.41, 5.74) is 4.27. The molecular formula is C20H18N4O2S. The van der Waals surface area contributed by atoms with Gasteiger partial charge in [0.25, 0.3) is 5.22 Å². The van der Waals surface area contributed by atoms with Crippen molar-refractivity contribution in [1.29, 1.82) is 5.26 Å². The Labute approximate surface area is 161 Å². The largest absolute Gasteiger partial charge is 0.411 e. The van der Waals surface area contributed by atoms with Crippen LogP contribution >= 0.6 is 11.8 Å². The Kier molecular flexibility index (Phi) is 5.57. The van der Waals surface area contributed by atoms with Crippen molar-refractivity contribution in [1.82, 2.24) is 10.2 Å². The zero-order chi connectivity index (χ0) is 19.4. The second-order valence-electron chi connectivity index (χ2n) is 6.19. The average Bonchev–Trinajstić information content (AvgIpc) is 3.10. The predicted molar refractivity (Wildman–Crippen MR) is 104 cm³/mol. The number of nitrogens with one attached hydrogen (secondary N) is 1. The first-order valence-electron chi connectivity index (χ1n) is 8.34. The molecule has 136 valence electrons. The first-order chi connectivity index (χ1) is 12.9. The molecule has 1 atom stereocenters. The number of anilines is 1. The standard InChI is InChI=1S/C20H18N4O2S/c1-12-8-13(2)10-16(9-12)19-23-24-20(26-19)27-14(3)18(25)22-17-6-4-15(11-21)5-7-17/h4-10,14H,1-3H3,(H,22,25)/t14-/m1/s1. The highest BCUT2D eigenvalue weighted by molar-refractivity contribution is 8.00. The molecule has 6 nitrogen and oxygen atoms in total. The molecule has 0 spiro atoms. The lowest BCUT2D eigenvalue weighted by Crippen LogP contribution is -2.22. The zero-order valence-corrected chi connectivity index (χ0v) is 16.0. The maximum atomic E-state index is 12.4. The number of carbonyl (C=O) groups excluding carboxylic acids is 1. The van der Waals surface area contributed by atoms with Gasteiger partial charge in [0.2, 0.25) is 11.8 Å². The molecule has 2 aromatic carbocycles. The van der Waals surface area contributed by atoms with Gasteiger partial charge in [-0.25, -0.2) is 0 Å². The van der Waals surface area contributed by atoms with E-state index in [2.05, 4.69) is 21.6 Å². The van der Waals surface area contributed by atoms with E-state index < -0.39 is 5.25 Å². The van der Waals surface area contributed by atoms with Crippen LogP contribution in [0.4, 0.5) is 5.69 Å². The van der Waals surface area contributed by atoms with Gasteiger partial charge in [0.15, 0.2) is 0 Å². The minimum atomic E-state index is -0.423. The molecular weight excluding hydrogens is 360 g/mol. The van der Waals surface area contributed by atoms with Crippen LogP contribution in [0.25, 0.3) is 11.5 Å². The molecule has 3 rings (SSSR count). The van der Waals surface area contributed by atoms with Gasteiger partial charge < -0.3 is 9.73 Å². The van der Waals surface area contributed by atoms with Gasteiger partial charge in [-0.05, 0) is 57.2 Å². The minimum absolute atomic E-state index is 0.184. The molecule has 1 N–H and O–H groups in total. The fourth-order valence-corrected chi connectivity index (χ4v) is 3.23. The van der Waals surface area contributed by atoms with Crippen molar-refractivity contribution in [3.63, 3.8) is 0 Å². The maximum absolute atomic E-state index is 12.4. The van der Waals surface area contributed by atoms with Crippen LogP contribution in [-0.4, -0.2) is 21.4 Å². The minimum Gasteiger partial charge on any atom is -0.411 e. The summed E-state index contributed by atoms with van der Waals surface area (Å²) in [5, 5.41) is 19.7. The van der Waals surface area contributed by atoms with E-state index >= 15 is 0 Å². The SMILES string of the molecule is Cc1cc(C)cc(-c2nnc(S[C@H](C)C(=O)Nc3ccc(C#N)cc3)o2)c1. The molecule has 27 heavy (non-hydrogen) atoms. The number of hydrogen-bond donors (Lipinski definition) is 1. The third-order valence-corrected chi connectivity index (χ3v) is 4.74. The van der Waals surface area contributed by atoms with Crippen LogP contribution in [0.15, 0.2) is 52.1 Å². The highest BCUT2D eigenvalue weighted by Crippen LogP contribution is 2.27. The monoisotopic (exact) mass is 378 g/mol. The van der Waals surface area contributed by atoms with Crippen molar-refractivity contribution in [2.75, 3.05) is 5.32 Å². The number of amides is 1. The van der Waals surface area contributed by atoms with E-state index in [1.165, 1.54) is 11.8 Å². The van der Waals surface area contributed by atoms with E-state index in [4.69, 9.17) is 9.68 Å². The fraction of sp³-hybridized carbons (Fsp3) is 0.200. The summed E-state index contributed by atoms with van der Waals surface area (Å²) in [5.74, 6) is 0.250. The third kappa shape index (κ3) is 4.74. The van der Waals surface area contributed by atoms with Gasteiger partial charge in [0, 0.05) is 11.3 Å². The molecule has 0 saturated heterocycles. The van der Waals surface area contributed by atoms with Gasteiger partial charge in [0.05, 0.1) is 16.9 Å². The summed E-state index contributed by atoms with van der Waals surface area (Å²) in [6.45, 7) is 5.79. The summed E-state index contributed by atoms with van der Waals surface area (Å²) in [6, 6.07) is 14.8. The maximum Gasteiger partial charge on any atom is 0.277 e. The Morgan fingerprint density at radius 3 is 2.44 bits per heavy atom. The lowest BCUT2D eigenvalue weighted by atomic mass is 10.1. The van der Waals surface area contributed by atoms with Crippen LogP contribution in [-0.2, 0) is 4.79 Å². The first kappa shape index (κ1) is 18.7. The lowest BCUT2D eigenvalue weighted by molar-refractivity contribution is -0.115. The molecule has 0 unspecified atom stereocenters. The number of nitriles is 1. The van der Waals surface area contributed by atoms with Gasteiger partial charge in [-0.2, -0.15) is 5.26 Å². The third-order valence-electron chi connectivity index (χ3n) is 3.80. The van der Waals surface area contributed by atoms with Crippen molar-refractivity contribution in [2.24, 2.45) is 0 Å². The van der Waals surface area contributed by atoms with Gasteiger partial charge in [-0.15, -0.1) is 10.2 Å². The van der Waals surface area contributed by atoms with Crippen molar-refractivity contribution in [3.8, 4) is 17.5 Å². The molecule has 1 heterocycles. The Balaban J connectivity index is 1.65. The van der Waals surface area contributed by atoms with Crippen LogP contribution in [0.1, 0.15) is 23.6 Å². The highest BCUT2D eigenvalue weighted by atomic mass is 32.2. The number of aryl methyl sites for hydroxylation is 2. The fourth-order valence-electron chi connectivity index (χ4n) is 2.55. The van der Waals surface area contributed by atoms with Crippen LogP contribution in [0.3, 0.4) is 0 Å². The number of nitrogens with zero attached hydrogens (tertiary/aromatic N) is 3. The number of hydrogen-bond acceptors (Lipinski definition) is 6. The summed E-state index contributed by atoms with van der Waals surface area (Å²) in [4.78, 5) is 12.4. The Morgan fingerprint density at radius 1 is 1.15 bits per heavy atom. The van der Waals surface area contributed by atoms with E-state index in [1.54, 1.807) is 31.2 Å². The van der Waals surface area contributed by atoms with Crippen LogP contribution in [0, 0.1) is 25.2 Å². The number of rotatable bonds is 5.